The highest BCUT2D eigenvalue weighted by Crippen LogP contribution is 2.38. The highest BCUT2D eigenvalue weighted by Gasteiger charge is 2.53. The van der Waals surface area contributed by atoms with E-state index >= 15 is 0 Å². The maximum atomic E-state index is 13.0. The fourth-order valence-corrected chi connectivity index (χ4v) is 6.27. The van der Waals surface area contributed by atoms with Crippen molar-refractivity contribution in [3.63, 3.8) is 0 Å². The molecule has 0 aromatic heterocycles. The molecule has 0 bridgehead atoms. The van der Waals surface area contributed by atoms with Gasteiger partial charge in [0.05, 0.1) is 22.8 Å². The van der Waals surface area contributed by atoms with Crippen LogP contribution in [0.2, 0.25) is 0 Å². The number of rotatable bonds is 4. The van der Waals surface area contributed by atoms with Gasteiger partial charge in [0, 0.05) is 13.1 Å². The van der Waals surface area contributed by atoms with Crippen LogP contribution in [0.5, 0.6) is 0 Å². The van der Waals surface area contributed by atoms with Crippen molar-refractivity contribution in [3.8, 4) is 11.1 Å². The minimum Gasteiger partial charge on any atom is -0.276 e. The summed E-state index contributed by atoms with van der Waals surface area (Å²) in [4.78, 5) is 27.0. The number of allylic oxidation sites excluding steroid dienone is 2. The summed E-state index contributed by atoms with van der Waals surface area (Å²) in [5.41, 5.74) is 3.13. The fourth-order valence-electron chi connectivity index (χ4n) is 4.76. The predicted molar refractivity (Wildman–Crippen MR) is 116 cm³/mol. The summed E-state index contributed by atoms with van der Waals surface area (Å²) in [5.74, 6) is -0.859. The van der Waals surface area contributed by atoms with Crippen molar-refractivity contribution >= 4 is 21.8 Å². The number of hydrogen-bond donors (Lipinski definition) is 0. The van der Waals surface area contributed by atoms with Gasteiger partial charge in [-0.15, -0.1) is 0 Å². The Balaban J connectivity index is 1.29. The first-order valence-electron chi connectivity index (χ1n) is 10.6. The SMILES string of the molecule is Cc1cccc(-c2ccc(S(=O)(=O)N3CC(N4C(=O)C5CC=CCC5C4=O)C3)cc2)c1. The Morgan fingerprint density at radius 1 is 0.839 bits per heavy atom. The number of fused-ring (bicyclic) bond motifs is 1. The number of aryl methyl sites for hydroxylation is 1. The number of likely N-dealkylation sites (tertiary alicyclic amines) is 1. The van der Waals surface area contributed by atoms with Gasteiger partial charge in [0.25, 0.3) is 0 Å². The van der Waals surface area contributed by atoms with Crippen LogP contribution in [0.25, 0.3) is 11.1 Å². The number of nitrogens with zero attached hydrogens (tertiary/aromatic N) is 2. The largest absolute Gasteiger partial charge is 0.276 e. The molecule has 0 spiro atoms. The smallest absolute Gasteiger partial charge is 0.243 e. The summed E-state index contributed by atoms with van der Waals surface area (Å²) >= 11 is 0. The van der Waals surface area contributed by atoms with E-state index in [0.717, 1.165) is 16.7 Å². The van der Waals surface area contributed by atoms with E-state index in [9.17, 15) is 18.0 Å². The van der Waals surface area contributed by atoms with Crippen LogP contribution in [0.15, 0.2) is 65.6 Å². The van der Waals surface area contributed by atoms with E-state index in [1.165, 1.54) is 9.21 Å². The molecule has 0 radical (unpaired) electrons. The first-order chi connectivity index (χ1) is 14.9. The van der Waals surface area contributed by atoms with E-state index in [-0.39, 0.29) is 47.7 Å². The number of hydrogen-bond acceptors (Lipinski definition) is 4. The Bertz CT molecular complexity index is 1150. The minimum atomic E-state index is -3.66. The minimum absolute atomic E-state index is 0.149. The highest BCUT2D eigenvalue weighted by molar-refractivity contribution is 7.89. The highest BCUT2D eigenvalue weighted by atomic mass is 32.2. The zero-order valence-corrected chi connectivity index (χ0v) is 18.1. The zero-order valence-electron chi connectivity index (χ0n) is 17.3. The predicted octanol–water partition coefficient (Wildman–Crippen LogP) is 2.99. The van der Waals surface area contributed by atoms with Crippen LogP contribution in [0.4, 0.5) is 0 Å². The van der Waals surface area contributed by atoms with E-state index in [1.54, 1.807) is 12.1 Å². The topological polar surface area (TPSA) is 74.8 Å². The maximum absolute atomic E-state index is 13.0. The van der Waals surface area contributed by atoms with Gasteiger partial charge in [-0.3, -0.25) is 14.5 Å². The lowest BCUT2D eigenvalue weighted by Gasteiger charge is -2.42. The van der Waals surface area contributed by atoms with Gasteiger partial charge in [0.15, 0.2) is 0 Å². The average Bonchev–Trinajstić information content (AvgIpc) is 2.98. The molecule has 2 atom stereocenters. The second-order valence-corrected chi connectivity index (χ2v) is 10.5. The molecule has 1 aliphatic carbocycles. The average molecular weight is 437 g/mol. The van der Waals surface area contributed by atoms with Gasteiger partial charge < -0.3 is 0 Å². The summed E-state index contributed by atoms with van der Waals surface area (Å²) < 4.78 is 27.4. The normalized spacial score (nSPS) is 24.4. The van der Waals surface area contributed by atoms with Crippen molar-refractivity contribution in [2.24, 2.45) is 11.8 Å². The number of benzene rings is 2. The lowest BCUT2D eigenvalue weighted by molar-refractivity contribution is -0.145. The van der Waals surface area contributed by atoms with Gasteiger partial charge in [-0.2, -0.15) is 4.31 Å². The number of amides is 2. The number of imide groups is 1. The van der Waals surface area contributed by atoms with E-state index in [1.807, 2.05) is 49.4 Å². The Morgan fingerprint density at radius 2 is 1.45 bits per heavy atom. The molecule has 2 fully saturated rings. The standard InChI is InChI=1S/C24H24N2O4S/c1-16-5-4-6-18(13-16)17-9-11-20(12-10-17)31(29,30)25-14-19(15-25)26-23(27)21-7-2-3-8-22(21)24(26)28/h2-6,9-13,19,21-22H,7-8,14-15H2,1H3. The summed E-state index contributed by atoms with van der Waals surface area (Å²) in [6.45, 7) is 2.34. The summed E-state index contributed by atoms with van der Waals surface area (Å²) in [6.07, 6.45) is 5.09. The third kappa shape index (κ3) is 3.32. The third-order valence-electron chi connectivity index (χ3n) is 6.58. The molecule has 0 N–H and O–H groups in total. The second kappa shape index (κ2) is 7.43. The molecule has 2 saturated heterocycles. The molecule has 3 aliphatic rings. The Hall–Kier alpha value is -2.77. The van der Waals surface area contributed by atoms with Crippen molar-refractivity contribution in [3.05, 3.63) is 66.2 Å². The van der Waals surface area contributed by atoms with E-state index < -0.39 is 10.0 Å². The number of sulfonamides is 1. The molecule has 0 saturated carbocycles. The van der Waals surface area contributed by atoms with Crippen molar-refractivity contribution in [2.45, 2.75) is 30.7 Å². The van der Waals surface area contributed by atoms with Crippen LogP contribution in [0.1, 0.15) is 18.4 Å². The molecule has 5 rings (SSSR count). The quantitative estimate of drug-likeness (QED) is 0.546. The van der Waals surface area contributed by atoms with Gasteiger partial charge >= 0.3 is 0 Å². The van der Waals surface area contributed by atoms with Crippen molar-refractivity contribution < 1.29 is 18.0 Å². The van der Waals surface area contributed by atoms with Crippen molar-refractivity contribution in [1.82, 2.24) is 9.21 Å². The molecular weight excluding hydrogens is 412 g/mol. The molecule has 7 heteroatoms. The van der Waals surface area contributed by atoms with Crippen LogP contribution in [0.3, 0.4) is 0 Å². The maximum Gasteiger partial charge on any atom is 0.243 e. The molecule has 31 heavy (non-hydrogen) atoms. The van der Waals surface area contributed by atoms with Crippen molar-refractivity contribution in [1.29, 1.82) is 0 Å². The summed E-state index contributed by atoms with van der Waals surface area (Å²) in [5, 5.41) is 0. The molecule has 6 nitrogen and oxygen atoms in total. The first-order valence-corrected chi connectivity index (χ1v) is 12.0. The Labute approximate surface area is 182 Å². The molecule has 2 aliphatic heterocycles. The Kier molecular flexibility index (Phi) is 4.83. The summed E-state index contributed by atoms with van der Waals surface area (Å²) in [7, 11) is -3.66. The van der Waals surface area contributed by atoms with Crippen LogP contribution in [-0.2, 0) is 19.6 Å². The Morgan fingerprint density at radius 3 is 2.03 bits per heavy atom. The van der Waals surface area contributed by atoms with Crippen LogP contribution < -0.4 is 0 Å². The van der Waals surface area contributed by atoms with E-state index in [0.29, 0.717) is 12.8 Å². The molecule has 2 heterocycles. The molecule has 160 valence electrons. The number of carbonyl (C=O) groups excluding carboxylic acids is 2. The van der Waals surface area contributed by atoms with Gasteiger partial charge in [-0.1, -0.05) is 54.1 Å². The molecule has 2 amide bonds. The monoisotopic (exact) mass is 436 g/mol. The van der Waals surface area contributed by atoms with Gasteiger partial charge in [-0.05, 0) is 43.0 Å². The third-order valence-corrected chi connectivity index (χ3v) is 8.42. The lowest BCUT2D eigenvalue weighted by atomic mass is 9.85. The van der Waals surface area contributed by atoms with E-state index in [4.69, 9.17) is 0 Å². The van der Waals surface area contributed by atoms with Gasteiger partial charge in [-0.25, -0.2) is 8.42 Å². The van der Waals surface area contributed by atoms with Crippen molar-refractivity contribution in [2.75, 3.05) is 13.1 Å². The molecule has 2 aromatic rings. The molecule has 2 aromatic carbocycles. The first kappa shape index (κ1) is 20.2. The lowest BCUT2D eigenvalue weighted by Crippen LogP contribution is -2.62. The van der Waals surface area contributed by atoms with Crippen LogP contribution in [0, 0.1) is 18.8 Å². The fraction of sp³-hybridized carbons (Fsp3) is 0.333. The van der Waals surface area contributed by atoms with Crippen LogP contribution in [-0.4, -0.2) is 48.6 Å². The van der Waals surface area contributed by atoms with Gasteiger partial charge in [0.1, 0.15) is 0 Å². The van der Waals surface area contributed by atoms with Gasteiger partial charge in [0.2, 0.25) is 21.8 Å². The summed E-state index contributed by atoms with van der Waals surface area (Å²) in [6, 6.07) is 14.5. The second-order valence-electron chi connectivity index (χ2n) is 8.57. The molecule has 2 unspecified atom stereocenters. The zero-order chi connectivity index (χ0) is 21.8. The number of carbonyl (C=O) groups is 2. The molecular formula is C24H24N2O4S. The van der Waals surface area contributed by atoms with Crippen LogP contribution >= 0.6 is 0 Å². The van der Waals surface area contributed by atoms with E-state index in [2.05, 4.69) is 6.07 Å².